The number of hydrogen-bond acceptors (Lipinski definition) is 3. The van der Waals surface area contributed by atoms with Crippen LogP contribution in [0.25, 0.3) is 16.9 Å². The molecule has 0 atom stereocenters. The molecule has 5 nitrogen and oxygen atoms in total. The van der Waals surface area contributed by atoms with Gasteiger partial charge in [-0.15, -0.1) is 0 Å². The summed E-state index contributed by atoms with van der Waals surface area (Å²) in [6.45, 7) is 0. The first kappa shape index (κ1) is 16.0. The minimum atomic E-state index is -1.16. The highest BCUT2D eigenvalue weighted by atomic mass is 35.5. The number of aromatic carboxylic acids is 1. The van der Waals surface area contributed by atoms with Crippen LogP contribution in [0.5, 0.6) is 5.75 Å². The average Bonchev–Trinajstić information content (AvgIpc) is 3.03. The summed E-state index contributed by atoms with van der Waals surface area (Å²) in [7, 11) is 1.54. The highest BCUT2D eigenvalue weighted by Crippen LogP contribution is 2.28. The normalized spacial score (nSPS) is 10.6. The lowest BCUT2D eigenvalue weighted by Crippen LogP contribution is -2.02. The zero-order valence-electron chi connectivity index (χ0n) is 12.5. The van der Waals surface area contributed by atoms with Gasteiger partial charge >= 0.3 is 5.97 Å². The van der Waals surface area contributed by atoms with Gasteiger partial charge in [0, 0.05) is 5.56 Å². The Morgan fingerprint density at radius 2 is 2.04 bits per heavy atom. The van der Waals surface area contributed by atoms with Gasteiger partial charge in [-0.25, -0.2) is 13.9 Å². The van der Waals surface area contributed by atoms with E-state index in [-0.39, 0.29) is 10.7 Å². The molecule has 1 aromatic heterocycles. The fourth-order valence-corrected chi connectivity index (χ4v) is 2.46. The van der Waals surface area contributed by atoms with Crippen molar-refractivity contribution in [3.63, 3.8) is 0 Å². The van der Waals surface area contributed by atoms with Gasteiger partial charge in [-0.05, 0) is 36.4 Å². The maximum absolute atomic E-state index is 13.4. The summed E-state index contributed by atoms with van der Waals surface area (Å²) in [5.41, 5.74) is 1.55. The van der Waals surface area contributed by atoms with Crippen molar-refractivity contribution in [2.75, 3.05) is 7.11 Å². The third-order valence-electron chi connectivity index (χ3n) is 3.44. The quantitative estimate of drug-likeness (QED) is 0.774. The Hall–Kier alpha value is -2.86. The molecule has 24 heavy (non-hydrogen) atoms. The number of benzene rings is 2. The Morgan fingerprint density at radius 3 is 2.71 bits per heavy atom. The largest absolute Gasteiger partial charge is 0.497 e. The number of hydrogen-bond donors (Lipinski definition) is 1. The third kappa shape index (κ3) is 2.96. The molecule has 3 rings (SSSR count). The first-order chi connectivity index (χ1) is 11.5. The molecule has 122 valence electrons. The summed E-state index contributed by atoms with van der Waals surface area (Å²) in [4.78, 5) is 11.3. The van der Waals surface area contributed by atoms with E-state index in [9.17, 15) is 14.3 Å². The standard InChI is InChI=1S/C17H12ClFN2O3/c1-24-12-4-2-3-10(7-12)16-9-15(17(22)23)20-21(16)11-5-6-14(19)13(18)8-11/h2-9H,1H3,(H,22,23). The Bertz CT molecular complexity index is 924. The molecule has 0 bridgehead atoms. The first-order valence-electron chi connectivity index (χ1n) is 6.93. The lowest BCUT2D eigenvalue weighted by molar-refractivity contribution is 0.0690. The molecule has 2 aromatic carbocycles. The summed E-state index contributed by atoms with van der Waals surface area (Å²) in [5, 5.41) is 13.2. The van der Waals surface area contributed by atoms with Gasteiger partial charge < -0.3 is 9.84 Å². The number of halogens is 2. The van der Waals surface area contributed by atoms with Crippen LogP contribution in [-0.4, -0.2) is 28.0 Å². The summed E-state index contributed by atoms with van der Waals surface area (Å²) < 4.78 is 20.0. The van der Waals surface area contributed by atoms with E-state index in [2.05, 4.69) is 5.10 Å². The fraction of sp³-hybridized carbons (Fsp3) is 0.0588. The van der Waals surface area contributed by atoms with Gasteiger partial charge in [-0.2, -0.15) is 5.10 Å². The third-order valence-corrected chi connectivity index (χ3v) is 3.73. The second-order valence-corrected chi connectivity index (χ2v) is 5.37. The predicted molar refractivity (Wildman–Crippen MR) is 87.5 cm³/mol. The highest BCUT2D eigenvalue weighted by molar-refractivity contribution is 6.30. The van der Waals surface area contributed by atoms with Gasteiger partial charge in [0.1, 0.15) is 11.6 Å². The van der Waals surface area contributed by atoms with Crippen molar-refractivity contribution in [2.24, 2.45) is 0 Å². The Labute approximate surface area is 141 Å². The van der Waals surface area contributed by atoms with Crippen LogP contribution < -0.4 is 4.74 Å². The Balaban J connectivity index is 2.20. The van der Waals surface area contributed by atoms with Crippen LogP contribution >= 0.6 is 11.6 Å². The molecule has 0 saturated heterocycles. The molecule has 7 heteroatoms. The maximum Gasteiger partial charge on any atom is 0.356 e. The molecule has 0 radical (unpaired) electrons. The van der Waals surface area contributed by atoms with E-state index >= 15 is 0 Å². The number of carbonyl (C=O) groups is 1. The van der Waals surface area contributed by atoms with E-state index in [1.807, 2.05) is 0 Å². The van der Waals surface area contributed by atoms with Crippen molar-refractivity contribution < 1.29 is 19.0 Å². The predicted octanol–water partition coefficient (Wildman–Crippen LogP) is 4.04. The van der Waals surface area contributed by atoms with Crippen molar-refractivity contribution >= 4 is 17.6 Å². The fourth-order valence-electron chi connectivity index (χ4n) is 2.29. The van der Waals surface area contributed by atoms with Crippen molar-refractivity contribution in [3.8, 4) is 22.7 Å². The van der Waals surface area contributed by atoms with Gasteiger partial charge in [0.25, 0.3) is 0 Å². The summed E-state index contributed by atoms with van der Waals surface area (Å²) in [6, 6.07) is 12.6. The number of carboxylic acids is 1. The van der Waals surface area contributed by atoms with Crippen molar-refractivity contribution in [1.29, 1.82) is 0 Å². The van der Waals surface area contributed by atoms with Crippen molar-refractivity contribution in [1.82, 2.24) is 9.78 Å². The molecule has 0 saturated carbocycles. The molecule has 1 heterocycles. The minimum Gasteiger partial charge on any atom is -0.497 e. The summed E-state index contributed by atoms with van der Waals surface area (Å²) in [5.74, 6) is -1.10. The molecule has 0 unspecified atom stereocenters. The topological polar surface area (TPSA) is 64.3 Å². The van der Waals surface area contributed by atoms with Crippen LogP contribution in [0.3, 0.4) is 0 Å². The molecule has 0 aliphatic heterocycles. The molecular weight excluding hydrogens is 335 g/mol. The zero-order valence-corrected chi connectivity index (χ0v) is 13.3. The highest BCUT2D eigenvalue weighted by Gasteiger charge is 2.17. The molecule has 0 aliphatic rings. The van der Waals surface area contributed by atoms with E-state index in [0.717, 1.165) is 0 Å². The second-order valence-electron chi connectivity index (χ2n) is 4.96. The van der Waals surface area contributed by atoms with E-state index in [4.69, 9.17) is 16.3 Å². The zero-order chi connectivity index (χ0) is 17.3. The van der Waals surface area contributed by atoms with E-state index < -0.39 is 11.8 Å². The Kier molecular flexibility index (Phi) is 4.22. The van der Waals surface area contributed by atoms with Gasteiger partial charge in [-0.3, -0.25) is 0 Å². The van der Waals surface area contributed by atoms with Crippen molar-refractivity contribution in [2.45, 2.75) is 0 Å². The maximum atomic E-state index is 13.4. The van der Waals surface area contributed by atoms with E-state index in [0.29, 0.717) is 22.7 Å². The van der Waals surface area contributed by atoms with Crippen LogP contribution in [0.4, 0.5) is 4.39 Å². The van der Waals surface area contributed by atoms with Crippen molar-refractivity contribution in [3.05, 3.63) is 65.1 Å². The van der Waals surface area contributed by atoms with E-state index in [1.165, 1.54) is 28.9 Å². The summed E-state index contributed by atoms with van der Waals surface area (Å²) in [6.07, 6.45) is 0. The number of carboxylic acid groups (broad SMARTS) is 1. The lowest BCUT2D eigenvalue weighted by atomic mass is 10.1. The lowest BCUT2D eigenvalue weighted by Gasteiger charge is -2.09. The van der Waals surface area contributed by atoms with Crippen LogP contribution in [-0.2, 0) is 0 Å². The molecular formula is C17H12ClFN2O3. The number of methoxy groups -OCH3 is 1. The summed E-state index contributed by atoms with van der Waals surface area (Å²) >= 11 is 5.83. The number of ether oxygens (including phenoxy) is 1. The molecule has 0 aliphatic carbocycles. The van der Waals surface area contributed by atoms with Gasteiger partial charge in [-0.1, -0.05) is 23.7 Å². The van der Waals surface area contributed by atoms with E-state index in [1.54, 1.807) is 31.4 Å². The van der Waals surface area contributed by atoms with Crippen LogP contribution in [0.2, 0.25) is 5.02 Å². The molecule has 1 N–H and O–H groups in total. The number of rotatable bonds is 4. The van der Waals surface area contributed by atoms with Gasteiger partial charge in [0.2, 0.25) is 0 Å². The first-order valence-corrected chi connectivity index (χ1v) is 7.30. The SMILES string of the molecule is COc1cccc(-c2cc(C(=O)O)nn2-c2ccc(F)c(Cl)c2)c1. The van der Waals surface area contributed by atoms with Gasteiger partial charge in [0.05, 0.1) is 23.5 Å². The number of nitrogens with zero attached hydrogens (tertiary/aromatic N) is 2. The molecule has 0 amide bonds. The van der Waals surface area contributed by atoms with Crippen LogP contribution in [0, 0.1) is 5.82 Å². The van der Waals surface area contributed by atoms with Gasteiger partial charge in [0.15, 0.2) is 5.69 Å². The molecule has 3 aromatic rings. The second kappa shape index (κ2) is 6.33. The molecule has 0 spiro atoms. The monoisotopic (exact) mass is 346 g/mol. The smallest absolute Gasteiger partial charge is 0.356 e. The molecule has 0 fully saturated rings. The van der Waals surface area contributed by atoms with Crippen LogP contribution in [0.1, 0.15) is 10.5 Å². The number of aromatic nitrogens is 2. The minimum absolute atomic E-state index is 0.0727. The average molecular weight is 347 g/mol. The Morgan fingerprint density at radius 1 is 1.25 bits per heavy atom. The van der Waals surface area contributed by atoms with Crippen LogP contribution in [0.15, 0.2) is 48.5 Å².